The van der Waals surface area contributed by atoms with Gasteiger partial charge in [-0.2, -0.15) is 0 Å². The largest absolute Gasteiger partial charge is 0.497 e. The standard InChI is InChI=1S/C18H19NO2/c1-19(12-13-6-5-8-15(10-13)21-2)18(20)17-11-14-7-3-4-9-16(14)17/h3-10,17H,11-12H2,1-2H3/t17-/m1/s1. The quantitative estimate of drug-likeness (QED) is 0.862. The summed E-state index contributed by atoms with van der Waals surface area (Å²) in [5.41, 5.74) is 3.56. The highest BCUT2D eigenvalue weighted by atomic mass is 16.5. The Kier molecular flexibility index (Phi) is 3.65. The molecule has 2 aromatic rings. The average Bonchev–Trinajstić information content (AvgIpc) is 2.48. The van der Waals surface area contributed by atoms with E-state index >= 15 is 0 Å². The molecule has 0 saturated heterocycles. The summed E-state index contributed by atoms with van der Waals surface area (Å²) in [6, 6.07) is 16.0. The molecule has 0 unspecified atom stereocenters. The summed E-state index contributed by atoms with van der Waals surface area (Å²) in [5.74, 6) is 1.04. The van der Waals surface area contributed by atoms with Crippen LogP contribution in [0.5, 0.6) is 5.75 Å². The van der Waals surface area contributed by atoms with Gasteiger partial charge in [0.1, 0.15) is 5.75 Å². The molecule has 0 bridgehead atoms. The third-order valence-electron chi connectivity index (χ3n) is 4.08. The second kappa shape index (κ2) is 5.60. The number of ether oxygens (including phenoxy) is 1. The Balaban J connectivity index is 1.69. The first-order chi connectivity index (χ1) is 10.2. The van der Waals surface area contributed by atoms with Gasteiger partial charge in [0.05, 0.1) is 13.0 Å². The van der Waals surface area contributed by atoms with E-state index in [1.165, 1.54) is 11.1 Å². The van der Waals surface area contributed by atoms with Crippen molar-refractivity contribution >= 4 is 5.91 Å². The Labute approximate surface area is 125 Å². The zero-order chi connectivity index (χ0) is 14.8. The fourth-order valence-electron chi connectivity index (χ4n) is 2.87. The van der Waals surface area contributed by atoms with Gasteiger partial charge in [-0.3, -0.25) is 4.79 Å². The molecular formula is C18H19NO2. The van der Waals surface area contributed by atoms with Crippen LogP contribution in [0.25, 0.3) is 0 Å². The predicted molar refractivity (Wildman–Crippen MR) is 82.4 cm³/mol. The van der Waals surface area contributed by atoms with E-state index in [0.29, 0.717) is 6.54 Å². The topological polar surface area (TPSA) is 29.5 Å². The molecule has 21 heavy (non-hydrogen) atoms. The van der Waals surface area contributed by atoms with E-state index in [1.54, 1.807) is 12.0 Å². The van der Waals surface area contributed by atoms with Gasteiger partial charge in [-0.15, -0.1) is 0 Å². The highest BCUT2D eigenvalue weighted by molar-refractivity contribution is 5.86. The van der Waals surface area contributed by atoms with Crippen LogP contribution in [0.3, 0.4) is 0 Å². The number of rotatable bonds is 4. The Morgan fingerprint density at radius 1 is 1.24 bits per heavy atom. The first-order valence-corrected chi connectivity index (χ1v) is 7.14. The van der Waals surface area contributed by atoms with E-state index in [1.807, 2.05) is 43.4 Å². The number of methoxy groups -OCH3 is 1. The lowest BCUT2D eigenvalue weighted by Crippen LogP contribution is -2.36. The second-order valence-corrected chi connectivity index (χ2v) is 5.50. The number of amides is 1. The van der Waals surface area contributed by atoms with Crippen LogP contribution in [0, 0.1) is 0 Å². The summed E-state index contributed by atoms with van der Waals surface area (Å²) in [5, 5.41) is 0. The number of benzene rings is 2. The van der Waals surface area contributed by atoms with E-state index in [2.05, 4.69) is 12.1 Å². The Morgan fingerprint density at radius 2 is 2.05 bits per heavy atom. The van der Waals surface area contributed by atoms with Crippen molar-refractivity contribution < 1.29 is 9.53 Å². The van der Waals surface area contributed by atoms with E-state index in [-0.39, 0.29) is 11.8 Å². The summed E-state index contributed by atoms with van der Waals surface area (Å²) in [4.78, 5) is 14.3. The predicted octanol–water partition coefficient (Wildman–Crippen LogP) is 2.99. The number of hydrogen-bond acceptors (Lipinski definition) is 2. The van der Waals surface area contributed by atoms with Gasteiger partial charge in [-0.25, -0.2) is 0 Å². The smallest absolute Gasteiger partial charge is 0.230 e. The second-order valence-electron chi connectivity index (χ2n) is 5.50. The molecule has 0 heterocycles. The van der Waals surface area contributed by atoms with Gasteiger partial charge in [0.15, 0.2) is 0 Å². The zero-order valence-corrected chi connectivity index (χ0v) is 12.4. The average molecular weight is 281 g/mol. The van der Waals surface area contributed by atoms with Crippen molar-refractivity contribution in [3.8, 4) is 5.75 Å². The van der Waals surface area contributed by atoms with Gasteiger partial charge in [-0.1, -0.05) is 36.4 Å². The van der Waals surface area contributed by atoms with E-state index < -0.39 is 0 Å². The van der Waals surface area contributed by atoms with Crippen LogP contribution in [-0.4, -0.2) is 25.0 Å². The minimum Gasteiger partial charge on any atom is -0.497 e. The van der Waals surface area contributed by atoms with Gasteiger partial charge < -0.3 is 9.64 Å². The lowest BCUT2D eigenvalue weighted by atomic mass is 9.77. The van der Waals surface area contributed by atoms with Crippen LogP contribution < -0.4 is 4.74 Å². The van der Waals surface area contributed by atoms with E-state index in [0.717, 1.165) is 17.7 Å². The molecule has 108 valence electrons. The van der Waals surface area contributed by atoms with Gasteiger partial charge in [0.2, 0.25) is 5.91 Å². The first kappa shape index (κ1) is 13.7. The molecule has 0 N–H and O–H groups in total. The number of nitrogens with zero attached hydrogens (tertiary/aromatic N) is 1. The third-order valence-corrected chi connectivity index (χ3v) is 4.08. The molecule has 1 aliphatic rings. The fourth-order valence-corrected chi connectivity index (χ4v) is 2.87. The third kappa shape index (κ3) is 2.64. The molecule has 0 saturated carbocycles. The fraction of sp³-hybridized carbons (Fsp3) is 0.278. The molecule has 1 amide bonds. The maximum atomic E-state index is 12.5. The van der Waals surface area contributed by atoms with Crippen molar-refractivity contribution in [3.05, 3.63) is 65.2 Å². The maximum absolute atomic E-state index is 12.5. The lowest BCUT2D eigenvalue weighted by molar-refractivity contribution is -0.132. The number of fused-ring (bicyclic) bond motifs is 1. The monoisotopic (exact) mass is 281 g/mol. The van der Waals surface area contributed by atoms with E-state index in [9.17, 15) is 4.79 Å². The highest BCUT2D eigenvalue weighted by Crippen LogP contribution is 2.36. The van der Waals surface area contributed by atoms with Gasteiger partial charge in [0.25, 0.3) is 0 Å². The minimum atomic E-state index is 0.0248. The van der Waals surface area contributed by atoms with Gasteiger partial charge >= 0.3 is 0 Å². The Hall–Kier alpha value is -2.29. The van der Waals surface area contributed by atoms with Gasteiger partial charge in [-0.05, 0) is 35.2 Å². The SMILES string of the molecule is COc1cccc(CN(C)C(=O)[C@@H]2Cc3ccccc32)c1. The Morgan fingerprint density at radius 3 is 2.81 bits per heavy atom. The molecule has 3 rings (SSSR count). The van der Waals surface area contributed by atoms with Crippen molar-refractivity contribution in [2.45, 2.75) is 18.9 Å². The number of carbonyl (C=O) groups is 1. The molecule has 3 heteroatoms. The molecule has 0 aliphatic heterocycles. The lowest BCUT2D eigenvalue weighted by Gasteiger charge is -2.32. The summed E-state index contributed by atoms with van der Waals surface area (Å²) < 4.78 is 5.22. The normalized spacial score (nSPS) is 15.8. The molecule has 3 nitrogen and oxygen atoms in total. The van der Waals surface area contributed by atoms with Crippen LogP contribution in [0.1, 0.15) is 22.6 Å². The van der Waals surface area contributed by atoms with Crippen molar-refractivity contribution in [2.24, 2.45) is 0 Å². The van der Waals surface area contributed by atoms with Crippen molar-refractivity contribution in [3.63, 3.8) is 0 Å². The van der Waals surface area contributed by atoms with Crippen LogP contribution in [0.2, 0.25) is 0 Å². The van der Waals surface area contributed by atoms with Crippen molar-refractivity contribution in [2.75, 3.05) is 14.2 Å². The van der Waals surface area contributed by atoms with Crippen LogP contribution >= 0.6 is 0 Å². The van der Waals surface area contributed by atoms with Crippen molar-refractivity contribution in [1.82, 2.24) is 4.90 Å². The molecule has 1 aliphatic carbocycles. The molecule has 0 aromatic heterocycles. The molecule has 1 atom stereocenters. The number of carbonyl (C=O) groups excluding carboxylic acids is 1. The first-order valence-electron chi connectivity index (χ1n) is 7.14. The molecule has 0 spiro atoms. The summed E-state index contributed by atoms with van der Waals surface area (Å²) in [7, 11) is 3.52. The highest BCUT2D eigenvalue weighted by Gasteiger charge is 2.33. The summed E-state index contributed by atoms with van der Waals surface area (Å²) in [6.07, 6.45) is 0.859. The molecule has 0 radical (unpaired) electrons. The number of hydrogen-bond donors (Lipinski definition) is 0. The van der Waals surface area contributed by atoms with E-state index in [4.69, 9.17) is 4.74 Å². The Bertz CT molecular complexity index is 666. The molecule has 2 aromatic carbocycles. The van der Waals surface area contributed by atoms with Gasteiger partial charge in [0, 0.05) is 13.6 Å². The summed E-state index contributed by atoms with van der Waals surface area (Å²) >= 11 is 0. The van der Waals surface area contributed by atoms with Crippen LogP contribution in [0.4, 0.5) is 0 Å². The number of likely N-dealkylation sites (N-methyl/N-ethyl adjacent to an activating group) is 1. The van der Waals surface area contributed by atoms with Crippen LogP contribution in [-0.2, 0) is 17.8 Å². The zero-order valence-electron chi connectivity index (χ0n) is 12.4. The molecular weight excluding hydrogens is 262 g/mol. The molecule has 0 fully saturated rings. The minimum absolute atomic E-state index is 0.0248. The van der Waals surface area contributed by atoms with Crippen LogP contribution in [0.15, 0.2) is 48.5 Å². The summed E-state index contributed by atoms with van der Waals surface area (Å²) in [6.45, 7) is 0.606. The maximum Gasteiger partial charge on any atom is 0.230 e. The van der Waals surface area contributed by atoms with Crippen molar-refractivity contribution in [1.29, 1.82) is 0 Å².